The summed E-state index contributed by atoms with van der Waals surface area (Å²) in [5.74, 6) is -1.33. The van der Waals surface area contributed by atoms with E-state index in [0.29, 0.717) is 63.7 Å². The molecule has 0 unspecified atom stereocenters. The summed E-state index contributed by atoms with van der Waals surface area (Å²) in [7, 11) is 0. The van der Waals surface area contributed by atoms with E-state index in [1.807, 2.05) is 50.2 Å². The van der Waals surface area contributed by atoms with Crippen molar-refractivity contribution in [1.29, 1.82) is 0 Å². The minimum Gasteiger partial charge on any atom is -0.379 e. The van der Waals surface area contributed by atoms with Crippen LogP contribution in [0.3, 0.4) is 0 Å². The molecule has 6 heterocycles. The number of halogens is 2. The summed E-state index contributed by atoms with van der Waals surface area (Å²) < 4.78 is 39.3. The topological polar surface area (TPSA) is 154 Å². The van der Waals surface area contributed by atoms with Gasteiger partial charge in [0.2, 0.25) is 23.6 Å². The lowest BCUT2D eigenvalue weighted by Gasteiger charge is -2.43. The highest BCUT2D eigenvalue weighted by atomic mass is 19.1. The first-order valence-corrected chi connectivity index (χ1v) is 29.0. The molecule has 6 aliphatic heterocycles. The first-order valence-electron chi connectivity index (χ1n) is 29.0. The molecule has 0 saturated carbocycles. The van der Waals surface area contributed by atoms with Crippen LogP contribution in [0.4, 0.5) is 20.2 Å². The van der Waals surface area contributed by atoms with Crippen molar-refractivity contribution < 1.29 is 37.4 Å². The Morgan fingerprint density at radius 3 is 1.34 bits per heavy atom. The first-order chi connectivity index (χ1) is 38.4. The first kappa shape index (κ1) is 57.5. The van der Waals surface area contributed by atoms with Gasteiger partial charge < -0.3 is 40.5 Å². The molecular formula is C62H82F2N10O6. The lowest BCUT2D eigenvalue weighted by atomic mass is 9.82. The van der Waals surface area contributed by atoms with Crippen LogP contribution in [0.5, 0.6) is 0 Å². The van der Waals surface area contributed by atoms with E-state index in [4.69, 9.17) is 9.47 Å². The zero-order valence-corrected chi connectivity index (χ0v) is 47.6. The van der Waals surface area contributed by atoms with E-state index in [2.05, 4.69) is 68.6 Å². The molecule has 10 rings (SSSR count). The van der Waals surface area contributed by atoms with Gasteiger partial charge in [-0.15, -0.1) is 0 Å². The van der Waals surface area contributed by atoms with Crippen molar-refractivity contribution in [1.82, 2.24) is 40.9 Å². The molecule has 0 spiro atoms. The lowest BCUT2D eigenvalue weighted by Crippen LogP contribution is -2.62. The van der Waals surface area contributed by atoms with Gasteiger partial charge >= 0.3 is 0 Å². The van der Waals surface area contributed by atoms with Crippen LogP contribution in [0.25, 0.3) is 0 Å². The number of amides is 4. The fourth-order valence-electron chi connectivity index (χ4n) is 12.9. The minimum atomic E-state index is -1.12. The molecule has 16 nitrogen and oxygen atoms in total. The second-order valence-electron chi connectivity index (χ2n) is 24.1. The van der Waals surface area contributed by atoms with E-state index in [1.54, 1.807) is 34.1 Å². The molecule has 8 atom stereocenters. The molecule has 4 aromatic carbocycles. The highest BCUT2D eigenvalue weighted by Gasteiger charge is 2.49. The summed E-state index contributed by atoms with van der Waals surface area (Å²) in [5, 5.41) is 13.5. The number of anilines is 2. The minimum absolute atomic E-state index is 0.0896. The monoisotopic (exact) mass is 1100 g/mol. The predicted molar refractivity (Wildman–Crippen MR) is 306 cm³/mol. The number of piperazine rings is 2. The Kier molecular flexibility index (Phi) is 17.8. The number of nitrogens with zero attached hydrogens (tertiary/aromatic N) is 6. The van der Waals surface area contributed by atoms with Crippen LogP contribution in [0.1, 0.15) is 74.9 Å². The van der Waals surface area contributed by atoms with Gasteiger partial charge in [0.1, 0.15) is 11.6 Å². The Morgan fingerprint density at radius 2 is 0.950 bits per heavy atom. The van der Waals surface area contributed by atoms with Gasteiger partial charge in [-0.2, -0.15) is 0 Å². The summed E-state index contributed by atoms with van der Waals surface area (Å²) in [6.45, 7) is 22.2. The zero-order valence-electron chi connectivity index (χ0n) is 47.6. The van der Waals surface area contributed by atoms with Crippen molar-refractivity contribution in [2.75, 3.05) is 128 Å². The maximum absolute atomic E-state index is 14.8. The maximum atomic E-state index is 14.8. The van der Waals surface area contributed by atoms with Crippen LogP contribution in [0, 0.1) is 11.6 Å². The Bertz CT molecular complexity index is 2670. The van der Waals surface area contributed by atoms with E-state index in [-0.39, 0.29) is 111 Å². The van der Waals surface area contributed by atoms with Gasteiger partial charge in [-0.1, -0.05) is 48.5 Å². The summed E-state index contributed by atoms with van der Waals surface area (Å²) in [4.78, 5) is 72.0. The highest BCUT2D eigenvalue weighted by molar-refractivity contribution is 6.04. The normalized spacial score (nSPS) is 27.6. The standard InChI is InChI=1S/C62H82F2N10O6/c1-41-31-71(51(29-67-41)33-69-21-23-79-37-43(69)3)35-57(75)73-39-61(5,53-17-11-47(27-55(53)73)25-45-7-13-49(63)14-8-45)59(77)65-19-20-66-60(78)62(6)40-74(56-28-48(12-18-54(56)62)26-46-9-15-50(64)16-10-46)58(76)36-72-32-42(2)68-30-52(72)34-70-22-24-80-38-44(70)4/h7-18,27-28,41-44,51-52,67-68H,19-26,29-40H2,1-6H3,(H,65,77)(H,66,78)/t41-,42-,43-,44-,51-,52-,61+,62+/m1/s1. The molecule has 0 radical (unpaired) electrons. The Hall–Kier alpha value is -5.70. The SMILES string of the molecule is C[C@@H]1CN(CC(=O)N2C[C@](C)(C(=O)NCCNC(=O)[C@@]3(C)CN(C(=O)CN4C[C@@H](C)NC[C@@H]4CN4CCOC[C@H]4C)c4cc(Cc5ccc(F)cc5)ccc43)c3ccc(Cc4ccc(F)cc4)cc32)[C@@H](CN2CCOC[C@H]2C)CN1. The van der Waals surface area contributed by atoms with Crippen LogP contribution in [-0.4, -0.2) is 198 Å². The van der Waals surface area contributed by atoms with Crippen LogP contribution in [0.15, 0.2) is 84.9 Å². The summed E-state index contributed by atoms with van der Waals surface area (Å²) in [6, 6.07) is 25.8. The second kappa shape index (κ2) is 24.8. The number of rotatable bonds is 17. The number of benzene rings is 4. The molecule has 6 aliphatic rings. The number of carbonyl (C=O) groups excluding carboxylic acids is 4. The van der Waals surface area contributed by atoms with Crippen molar-refractivity contribution in [3.8, 4) is 0 Å². The number of hydrogen-bond acceptors (Lipinski definition) is 12. The average Bonchev–Trinajstić information content (AvgIpc) is 3.95. The van der Waals surface area contributed by atoms with E-state index in [1.165, 1.54) is 24.3 Å². The molecule has 4 fully saturated rings. The van der Waals surface area contributed by atoms with Crippen molar-refractivity contribution in [3.63, 3.8) is 0 Å². The predicted octanol–water partition coefficient (Wildman–Crippen LogP) is 4.05. The average molecular weight is 1100 g/mol. The van der Waals surface area contributed by atoms with E-state index in [0.717, 1.165) is 72.6 Å². The molecule has 80 heavy (non-hydrogen) atoms. The molecule has 0 bridgehead atoms. The smallest absolute Gasteiger partial charge is 0.241 e. The number of hydrogen-bond donors (Lipinski definition) is 4. The van der Waals surface area contributed by atoms with E-state index < -0.39 is 10.8 Å². The van der Waals surface area contributed by atoms with Crippen LogP contribution in [-0.2, 0) is 52.3 Å². The largest absolute Gasteiger partial charge is 0.379 e. The number of nitrogens with one attached hydrogen (secondary N) is 4. The van der Waals surface area contributed by atoms with Crippen LogP contribution < -0.4 is 31.1 Å². The van der Waals surface area contributed by atoms with Gasteiger partial charge in [0.15, 0.2) is 0 Å². The third kappa shape index (κ3) is 12.8. The summed E-state index contributed by atoms with van der Waals surface area (Å²) >= 11 is 0. The molecule has 430 valence electrons. The molecule has 0 aromatic heterocycles. The summed E-state index contributed by atoms with van der Waals surface area (Å²) in [5.41, 5.74) is 4.32. The van der Waals surface area contributed by atoms with Crippen LogP contribution >= 0.6 is 0 Å². The molecule has 4 aromatic rings. The number of morpholine rings is 2. The molecule has 4 amide bonds. The Morgan fingerprint density at radius 1 is 0.562 bits per heavy atom. The van der Waals surface area contributed by atoms with Gasteiger partial charge in [0, 0.05) is 126 Å². The third-order valence-electron chi connectivity index (χ3n) is 17.8. The number of carbonyl (C=O) groups is 4. The van der Waals surface area contributed by atoms with E-state index in [9.17, 15) is 28.0 Å². The van der Waals surface area contributed by atoms with Crippen LogP contribution in [0.2, 0.25) is 0 Å². The Labute approximate surface area is 470 Å². The van der Waals surface area contributed by atoms with E-state index >= 15 is 0 Å². The second-order valence-corrected chi connectivity index (χ2v) is 24.1. The zero-order chi connectivity index (χ0) is 56.3. The quantitative estimate of drug-likeness (QED) is 0.113. The van der Waals surface area contributed by atoms with Crippen molar-refractivity contribution in [2.45, 2.75) is 101 Å². The number of fused-ring (bicyclic) bond motifs is 2. The van der Waals surface area contributed by atoms with Gasteiger partial charge in [0.25, 0.3) is 0 Å². The molecule has 0 aliphatic carbocycles. The van der Waals surface area contributed by atoms with Gasteiger partial charge in [0.05, 0.1) is 50.3 Å². The van der Waals surface area contributed by atoms with Crippen molar-refractivity contribution in [3.05, 3.63) is 130 Å². The fraction of sp³-hybridized carbons (Fsp3) is 0.548. The maximum Gasteiger partial charge on any atom is 0.241 e. The molecule has 4 saturated heterocycles. The molecule has 18 heteroatoms. The lowest BCUT2D eigenvalue weighted by molar-refractivity contribution is -0.128. The highest BCUT2D eigenvalue weighted by Crippen LogP contribution is 2.44. The van der Waals surface area contributed by atoms with Gasteiger partial charge in [-0.3, -0.25) is 38.8 Å². The third-order valence-corrected chi connectivity index (χ3v) is 17.8. The molecule has 4 N–H and O–H groups in total. The van der Waals surface area contributed by atoms with Crippen molar-refractivity contribution >= 4 is 35.0 Å². The Balaban J connectivity index is 0.836. The fourth-order valence-corrected chi connectivity index (χ4v) is 12.9. The van der Waals surface area contributed by atoms with Crippen molar-refractivity contribution in [2.24, 2.45) is 0 Å². The summed E-state index contributed by atoms with van der Waals surface area (Å²) in [6.07, 6.45) is 1.04. The number of ether oxygens (including phenoxy) is 2. The van der Waals surface area contributed by atoms with Gasteiger partial charge in [-0.05, 0) is 124 Å². The molecular weight excluding hydrogens is 1020 g/mol. The van der Waals surface area contributed by atoms with Gasteiger partial charge in [-0.25, -0.2) is 8.78 Å².